The smallest absolute Gasteiger partial charge is 0.251 e. The third kappa shape index (κ3) is 3.33. The van der Waals surface area contributed by atoms with Gasteiger partial charge in [0.2, 0.25) is 0 Å². The number of halogens is 3. The van der Waals surface area contributed by atoms with Crippen LogP contribution in [0.1, 0.15) is 34.7 Å². The van der Waals surface area contributed by atoms with E-state index in [0.717, 1.165) is 16.8 Å². The summed E-state index contributed by atoms with van der Waals surface area (Å²) in [5.74, 6) is -0.779. The van der Waals surface area contributed by atoms with Gasteiger partial charge in [-0.1, -0.05) is 29.3 Å². The highest BCUT2D eigenvalue weighted by molar-refractivity contribution is 6.32. The van der Waals surface area contributed by atoms with Crippen molar-refractivity contribution in [2.24, 2.45) is 5.73 Å². The second kappa shape index (κ2) is 6.63. The number of carbonyl (C=O) groups excluding carboxylic acids is 1. The van der Waals surface area contributed by atoms with E-state index < -0.39 is 11.7 Å². The molecule has 0 spiro atoms. The van der Waals surface area contributed by atoms with E-state index >= 15 is 0 Å². The molecule has 0 bridgehead atoms. The van der Waals surface area contributed by atoms with Crippen molar-refractivity contribution < 1.29 is 13.9 Å². The molecule has 1 saturated carbocycles. The van der Waals surface area contributed by atoms with E-state index in [9.17, 15) is 9.18 Å². The van der Waals surface area contributed by atoms with Gasteiger partial charge < -0.3 is 15.4 Å². The van der Waals surface area contributed by atoms with Crippen LogP contribution in [0.3, 0.4) is 0 Å². The minimum absolute atomic E-state index is 0.117. The number of hydrogen-bond acceptors (Lipinski definition) is 3. The van der Waals surface area contributed by atoms with E-state index in [1.54, 1.807) is 0 Å². The molecule has 1 saturated heterocycles. The average molecular weight is 395 g/mol. The number of hydrogen-bond donors (Lipinski definition) is 1. The lowest BCUT2D eigenvalue weighted by Gasteiger charge is -2.41. The Labute approximate surface area is 160 Å². The van der Waals surface area contributed by atoms with E-state index in [1.807, 2.05) is 6.07 Å². The molecule has 2 N–H and O–H groups in total. The first-order chi connectivity index (χ1) is 12.4. The van der Waals surface area contributed by atoms with Gasteiger partial charge in [-0.2, -0.15) is 0 Å². The summed E-state index contributed by atoms with van der Waals surface area (Å²) in [4.78, 5) is 13.3. The van der Waals surface area contributed by atoms with Crippen molar-refractivity contribution in [3.63, 3.8) is 0 Å². The van der Waals surface area contributed by atoms with Gasteiger partial charge in [0.25, 0.3) is 5.91 Å². The van der Waals surface area contributed by atoms with Crippen molar-refractivity contribution in [3.8, 4) is 5.75 Å². The van der Waals surface area contributed by atoms with E-state index in [-0.39, 0.29) is 22.4 Å². The number of rotatable bonds is 5. The molecule has 7 heteroatoms. The Hall–Kier alpha value is -1.98. The van der Waals surface area contributed by atoms with Crippen LogP contribution in [0.15, 0.2) is 30.3 Å². The van der Waals surface area contributed by atoms with Crippen molar-refractivity contribution in [1.29, 1.82) is 0 Å². The summed E-state index contributed by atoms with van der Waals surface area (Å²) in [5, 5.41) is 0.969. The summed E-state index contributed by atoms with van der Waals surface area (Å²) < 4.78 is 19.6. The minimum Gasteiger partial charge on any atom is -0.485 e. The lowest BCUT2D eigenvalue weighted by atomic mass is 10.1. The van der Waals surface area contributed by atoms with Crippen LogP contribution in [0.5, 0.6) is 5.75 Å². The predicted octanol–water partition coefficient (Wildman–Crippen LogP) is 4.38. The number of anilines is 1. The van der Waals surface area contributed by atoms with Crippen LogP contribution in [0.25, 0.3) is 0 Å². The summed E-state index contributed by atoms with van der Waals surface area (Å²) >= 11 is 12.4. The van der Waals surface area contributed by atoms with Crippen molar-refractivity contribution >= 4 is 34.8 Å². The third-order valence-electron chi connectivity index (χ3n) is 4.80. The molecule has 4 nitrogen and oxygen atoms in total. The van der Waals surface area contributed by atoms with Gasteiger partial charge in [-0.05, 0) is 42.5 Å². The van der Waals surface area contributed by atoms with Gasteiger partial charge >= 0.3 is 0 Å². The molecule has 0 atom stereocenters. The van der Waals surface area contributed by atoms with Gasteiger partial charge in [0.05, 0.1) is 23.7 Å². The third-order valence-corrected chi connectivity index (χ3v) is 5.42. The van der Waals surface area contributed by atoms with Gasteiger partial charge in [-0.15, -0.1) is 0 Å². The van der Waals surface area contributed by atoms with Gasteiger partial charge in [-0.3, -0.25) is 4.79 Å². The Kier molecular flexibility index (Phi) is 4.45. The molecule has 0 radical (unpaired) electrons. The molecular formula is C19H17Cl2FN2O2. The largest absolute Gasteiger partial charge is 0.485 e. The van der Waals surface area contributed by atoms with Crippen LogP contribution in [0, 0.1) is 5.82 Å². The van der Waals surface area contributed by atoms with Gasteiger partial charge in [-0.25, -0.2) is 4.39 Å². The molecule has 2 fully saturated rings. The molecule has 26 heavy (non-hydrogen) atoms. The van der Waals surface area contributed by atoms with Crippen LogP contribution < -0.4 is 15.4 Å². The van der Waals surface area contributed by atoms with Crippen molar-refractivity contribution in [2.45, 2.75) is 24.9 Å². The SMILES string of the molecule is NC(=O)c1cc(Cl)c(OC2CN(c3ccc(C4CC4)c(Cl)c3)C2)cc1F. The molecule has 0 aromatic heterocycles. The predicted molar refractivity (Wildman–Crippen MR) is 100.0 cm³/mol. The summed E-state index contributed by atoms with van der Waals surface area (Å²) in [6, 6.07) is 8.45. The summed E-state index contributed by atoms with van der Waals surface area (Å²) in [6.45, 7) is 1.29. The molecule has 2 aromatic carbocycles. The maximum Gasteiger partial charge on any atom is 0.251 e. The number of nitrogens with two attached hydrogens (primary N) is 1. The molecule has 1 amide bonds. The van der Waals surface area contributed by atoms with Crippen LogP contribution in [0.4, 0.5) is 10.1 Å². The lowest BCUT2D eigenvalue weighted by Crippen LogP contribution is -2.54. The van der Waals surface area contributed by atoms with E-state index in [0.29, 0.717) is 19.0 Å². The number of carbonyl (C=O) groups is 1. The molecule has 1 heterocycles. The lowest BCUT2D eigenvalue weighted by molar-refractivity contribution is 0.0996. The Morgan fingerprint density at radius 2 is 1.88 bits per heavy atom. The van der Waals surface area contributed by atoms with Crippen LogP contribution in [-0.2, 0) is 0 Å². The zero-order valence-electron chi connectivity index (χ0n) is 13.8. The normalized spacial score (nSPS) is 17.1. The number of amides is 1. The molecule has 1 aliphatic carbocycles. The first kappa shape index (κ1) is 17.4. The van der Waals surface area contributed by atoms with Gasteiger partial charge in [0, 0.05) is 16.8 Å². The van der Waals surface area contributed by atoms with E-state index in [1.165, 1.54) is 24.5 Å². The zero-order chi connectivity index (χ0) is 18.4. The van der Waals surface area contributed by atoms with Crippen molar-refractivity contribution in [1.82, 2.24) is 0 Å². The van der Waals surface area contributed by atoms with Crippen LogP contribution >= 0.6 is 23.2 Å². The molecule has 1 aliphatic heterocycles. The standard InChI is InChI=1S/C19H17Cl2FN2O2/c20-15-5-11(3-4-13(15)10-1-2-10)24-8-12(9-24)26-18-7-17(22)14(19(23)25)6-16(18)21/h3-7,10,12H,1-2,8-9H2,(H2,23,25). The van der Waals surface area contributed by atoms with Gasteiger partial charge in [0.1, 0.15) is 17.7 Å². The topological polar surface area (TPSA) is 55.6 Å². The number of benzene rings is 2. The molecule has 4 rings (SSSR count). The maximum absolute atomic E-state index is 13.9. The number of nitrogens with zero attached hydrogens (tertiary/aromatic N) is 1. The second-order valence-corrected chi connectivity index (χ2v) is 7.57. The highest BCUT2D eigenvalue weighted by Crippen LogP contribution is 2.44. The Morgan fingerprint density at radius 1 is 1.15 bits per heavy atom. The highest BCUT2D eigenvalue weighted by Gasteiger charge is 2.31. The van der Waals surface area contributed by atoms with Crippen molar-refractivity contribution in [3.05, 3.63) is 57.3 Å². The van der Waals surface area contributed by atoms with Gasteiger partial charge in [0.15, 0.2) is 0 Å². The highest BCUT2D eigenvalue weighted by atomic mass is 35.5. The fourth-order valence-electron chi connectivity index (χ4n) is 3.15. The first-order valence-electron chi connectivity index (χ1n) is 8.42. The van der Waals surface area contributed by atoms with Crippen molar-refractivity contribution in [2.75, 3.05) is 18.0 Å². The van der Waals surface area contributed by atoms with E-state index in [4.69, 9.17) is 33.7 Å². The average Bonchev–Trinajstić information content (AvgIpc) is 3.37. The second-order valence-electron chi connectivity index (χ2n) is 6.75. The first-order valence-corrected chi connectivity index (χ1v) is 9.18. The fourth-order valence-corrected chi connectivity index (χ4v) is 3.69. The molecule has 136 valence electrons. The Morgan fingerprint density at radius 3 is 2.50 bits per heavy atom. The summed E-state index contributed by atoms with van der Waals surface area (Å²) in [5.41, 5.74) is 7.12. The molecular weight excluding hydrogens is 378 g/mol. The summed E-state index contributed by atoms with van der Waals surface area (Å²) in [7, 11) is 0. The Balaban J connectivity index is 1.40. The van der Waals surface area contributed by atoms with Crippen LogP contribution in [0.2, 0.25) is 10.0 Å². The molecule has 0 unspecified atom stereocenters. The monoisotopic (exact) mass is 394 g/mol. The zero-order valence-corrected chi connectivity index (χ0v) is 15.4. The van der Waals surface area contributed by atoms with Crippen LogP contribution in [-0.4, -0.2) is 25.1 Å². The minimum atomic E-state index is -0.864. The number of primary amides is 1. The Bertz CT molecular complexity index is 880. The van der Waals surface area contributed by atoms with E-state index in [2.05, 4.69) is 17.0 Å². The summed E-state index contributed by atoms with van der Waals surface area (Å²) in [6.07, 6.45) is 2.31. The quantitative estimate of drug-likeness (QED) is 0.818. The molecule has 2 aliphatic rings. The number of ether oxygens (including phenoxy) is 1. The maximum atomic E-state index is 13.9. The molecule has 2 aromatic rings. The fraction of sp³-hybridized carbons (Fsp3) is 0.316.